The first-order valence-corrected chi connectivity index (χ1v) is 10.5. The van der Waals surface area contributed by atoms with Crippen molar-refractivity contribution in [2.24, 2.45) is 0 Å². The molecule has 2 aromatic carbocycles. The van der Waals surface area contributed by atoms with Gasteiger partial charge in [-0.05, 0) is 56.4 Å². The second-order valence-electron chi connectivity index (χ2n) is 6.48. The number of nitrogens with zero attached hydrogens (tertiary/aromatic N) is 2. The number of carbonyl (C=O) groups excluding carboxylic acids is 1. The molecule has 0 unspecified atom stereocenters. The predicted octanol–water partition coefficient (Wildman–Crippen LogP) is 3.75. The molecule has 0 radical (unpaired) electrons. The number of H-pyrrole nitrogens is 1. The zero-order valence-electron chi connectivity index (χ0n) is 17.6. The fourth-order valence-corrected chi connectivity index (χ4v) is 3.22. The Morgan fingerprint density at radius 3 is 2.58 bits per heavy atom. The minimum absolute atomic E-state index is 0.239. The molecule has 2 N–H and O–H groups in total. The lowest BCUT2D eigenvalue weighted by Gasteiger charge is -2.14. The number of hydrogen-bond acceptors (Lipinski definition) is 6. The molecule has 0 saturated heterocycles. The van der Waals surface area contributed by atoms with E-state index < -0.39 is 0 Å². The zero-order chi connectivity index (χ0) is 22.1. The van der Waals surface area contributed by atoms with E-state index in [1.54, 1.807) is 18.2 Å². The molecule has 1 amide bonds. The summed E-state index contributed by atoms with van der Waals surface area (Å²) in [4.78, 5) is 12.6. The van der Waals surface area contributed by atoms with Crippen molar-refractivity contribution in [1.82, 2.24) is 20.1 Å². The largest absolute Gasteiger partial charge is 0.490 e. The number of ether oxygens (including phenoxy) is 3. The molecule has 3 rings (SSSR count). The second kappa shape index (κ2) is 11.2. The molecule has 31 heavy (non-hydrogen) atoms. The third-order valence-electron chi connectivity index (χ3n) is 4.42. The Morgan fingerprint density at radius 2 is 1.84 bits per heavy atom. The van der Waals surface area contributed by atoms with Gasteiger partial charge in [0.25, 0.3) is 5.91 Å². The first kappa shape index (κ1) is 22.4. The maximum atomic E-state index is 12.6. The Kier molecular flexibility index (Phi) is 8.05. The van der Waals surface area contributed by atoms with E-state index in [-0.39, 0.29) is 12.5 Å². The van der Waals surface area contributed by atoms with Crippen LogP contribution >= 0.6 is 12.2 Å². The van der Waals surface area contributed by atoms with Crippen LogP contribution in [0.3, 0.4) is 0 Å². The van der Waals surface area contributed by atoms with Gasteiger partial charge >= 0.3 is 0 Å². The van der Waals surface area contributed by atoms with Gasteiger partial charge in [0.2, 0.25) is 0 Å². The number of para-hydroxylation sites is 1. The van der Waals surface area contributed by atoms with Crippen LogP contribution in [-0.2, 0) is 13.1 Å². The summed E-state index contributed by atoms with van der Waals surface area (Å²) in [6.45, 7) is 5.97. The van der Waals surface area contributed by atoms with Crippen molar-refractivity contribution in [3.63, 3.8) is 0 Å². The lowest BCUT2D eigenvalue weighted by molar-refractivity contribution is 0.0949. The monoisotopic (exact) mass is 442 g/mol. The molecule has 0 saturated carbocycles. The SMILES string of the molecule is CCOc1cc(C(=O)NCc2n[nH]c(=S)n2CC)ccc1OCCOc1ccccc1. The Morgan fingerprint density at radius 1 is 1.06 bits per heavy atom. The summed E-state index contributed by atoms with van der Waals surface area (Å²) >= 11 is 5.17. The van der Waals surface area contributed by atoms with Crippen molar-refractivity contribution < 1.29 is 19.0 Å². The molecule has 0 bridgehead atoms. The van der Waals surface area contributed by atoms with E-state index in [0.29, 0.717) is 54.0 Å². The summed E-state index contributed by atoms with van der Waals surface area (Å²) in [6.07, 6.45) is 0. The summed E-state index contributed by atoms with van der Waals surface area (Å²) in [6, 6.07) is 14.6. The van der Waals surface area contributed by atoms with E-state index in [0.717, 1.165) is 5.75 Å². The number of carbonyl (C=O) groups is 1. The van der Waals surface area contributed by atoms with Crippen LogP contribution in [0, 0.1) is 4.77 Å². The molecule has 9 heteroatoms. The summed E-state index contributed by atoms with van der Waals surface area (Å²) in [5.74, 6) is 2.28. The van der Waals surface area contributed by atoms with Crippen molar-refractivity contribution in [3.8, 4) is 17.2 Å². The molecule has 0 aliphatic heterocycles. The molecule has 1 heterocycles. The molecular formula is C22H26N4O4S. The highest BCUT2D eigenvalue weighted by Crippen LogP contribution is 2.28. The number of hydrogen-bond donors (Lipinski definition) is 2. The predicted molar refractivity (Wildman–Crippen MR) is 119 cm³/mol. The summed E-state index contributed by atoms with van der Waals surface area (Å²) in [5.41, 5.74) is 0.466. The number of benzene rings is 2. The van der Waals surface area contributed by atoms with Gasteiger partial charge in [-0.3, -0.25) is 9.89 Å². The Bertz CT molecular complexity index is 1050. The third-order valence-corrected chi connectivity index (χ3v) is 4.73. The van der Waals surface area contributed by atoms with E-state index in [1.165, 1.54) is 0 Å². The number of rotatable bonds is 11. The van der Waals surface area contributed by atoms with Gasteiger partial charge in [0.15, 0.2) is 22.1 Å². The quantitative estimate of drug-likeness (QED) is 0.347. The van der Waals surface area contributed by atoms with E-state index >= 15 is 0 Å². The number of nitrogens with one attached hydrogen (secondary N) is 2. The van der Waals surface area contributed by atoms with Crippen LogP contribution in [0.2, 0.25) is 0 Å². The Hall–Kier alpha value is -3.33. The van der Waals surface area contributed by atoms with Gasteiger partial charge in [-0.2, -0.15) is 5.10 Å². The number of aromatic nitrogens is 3. The smallest absolute Gasteiger partial charge is 0.251 e. The molecule has 1 aromatic heterocycles. The minimum Gasteiger partial charge on any atom is -0.490 e. The molecule has 0 aliphatic rings. The molecule has 164 valence electrons. The van der Waals surface area contributed by atoms with Gasteiger partial charge < -0.3 is 24.1 Å². The fraction of sp³-hybridized carbons (Fsp3) is 0.318. The molecule has 0 fully saturated rings. The lowest BCUT2D eigenvalue weighted by atomic mass is 10.2. The zero-order valence-corrected chi connectivity index (χ0v) is 18.4. The Balaban J connectivity index is 1.59. The van der Waals surface area contributed by atoms with Crippen molar-refractivity contribution in [2.75, 3.05) is 19.8 Å². The summed E-state index contributed by atoms with van der Waals surface area (Å²) < 4.78 is 19.5. The van der Waals surface area contributed by atoms with Crippen molar-refractivity contribution in [2.45, 2.75) is 26.9 Å². The first-order valence-electron chi connectivity index (χ1n) is 10.1. The maximum Gasteiger partial charge on any atom is 0.251 e. The van der Waals surface area contributed by atoms with Gasteiger partial charge in [0.05, 0.1) is 13.2 Å². The average molecular weight is 443 g/mol. The van der Waals surface area contributed by atoms with Crippen molar-refractivity contribution >= 4 is 18.1 Å². The van der Waals surface area contributed by atoms with Crippen LogP contribution in [0.15, 0.2) is 48.5 Å². The minimum atomic E-state index is -0.239. The van der Waals surface area contributed by atoms with Gasteiger partial charge in [-0.15, -0.1) is 0 Å². The van der Waals surface area contributed by atoms with Crippen LogP contribution in [0.5, 0.6) is 17.2 Å². The van der Waals surface area contributed by atoms with Gasteiger partial charge in [0.1, 0.15) is 19.0 Å². The number of amides is 1. The average Bonchev–Trinajstić information content (AvgIpc) is 3.16. The Labute approximate surface area is 186 Å². The lowest BCUT2D eigenvalue weighted by Crippen LogP contribution is -2.24. The van der Waals surface area contributed by atoms with Crippen LogP contribution in [-0.4, -0.2) is 40.5 Å². The van der Waals surface area contributed by atoms with Crippen molar-refractivity contribution in [1.29, 1.82) is 0 Å². The topological polar surface area (TPSA) is 90.4 Å². The highest BCUT2D eigenvalue weighted by molar-refractivity contribution is 7.71. The molecule has 8 nitrogen and oxygen atoms in total. The molecule has 0 spiro atoms. The molecule has 3 aromatic rings. The van der Waals surface area contributed by atoms with Crippen molar-refractivity contribution in [3.05, 3.63) is 64.7 Å². The van der Waals surface area contributed by atoms with Crippen LogP contribution < -0.4 is 19.5 Å². The molecule has 0 aliphatic carbocycles. The molecule has 0 atom stereocenters. The standard InChI is InChI=1S/C22H26N4O4S/c1-3-26-20(24-25-22(26)31)15-23-21(27)16-10-11-18(19(14-16)28-4-2)30-13-12-29-17-8-6-5-7-9-17/h5-11,14H,3-4,12-13,15H2,1-2H3,(H,23,27)(H,25,31). The van der Waals surface area contributed by atoms with Crippen LogP contribution in [0.1, 0.15) is 30.0 Å². The second-order valence-corrected chi connectivity index (χ2v) is 6.86. The van der Waals surface area contributed by atoms with Crippen LogP contribution in [0.25, 0.3) is 0 Å². The highest BCUT2D eigenvalue weighted by Gasteiger charge is 2.13. The normalized spacial score (nSPS) is 10.5. The maximum absolute atomic E-state index is 12.6. The highest BCUT2D eigenvalue weighted by atomic mass is 32.1. The van der Waals surface area contributed by atoms with Gasteiger partial charge in [0, 0.05) is 12.1 Å². The summed E-state index contributed by atoms with van der Waals surface area (Å²) in [7, 11) is 0. The third kappa shape index (κ3) is 6.08. The van der Waals surface area contributed by atoms with Gasteiger partial charge in [-0.1, -0.05) is 18.2 Å². The fourth-order valence-electron chi connectivity index (χ4n) is 2.94. The van der Waals surface area contributed by atoms with Crippen LogP contribution in [0.4, 0.5) is 0 Å². The first-order chi connectivity index (χ1) is 15.1. The summed E-state index contributed by atoms with van der Waals surface area (Å²) in [5, 5.41) is 9.75. The van der Waals surface area contributed by atoms with E-state index in [4.69, 9.17) is 26.4 Å². The molecular weight excluding hydrogens is 416 g/mol. The van der Waals surface area contributed by atoms with E-state index in [1.807, 2.05) is 48.7 Å². The van der Waals surface area contributed by atoms with E-state index in [9.17, 15) is 4.79 Å². The number of aromatic amines is 1. The van der Waals surface area contributed by atoms with Gasteiger partial charge in [-0.25, -0.2) is 0 Å². The van der Waals surface area contributed by atoms with E-state index in [2.05, 4.69) is 15.5 Å².